The van der Waals surface area contributed by atoms with Crippen molar-refractivity contribution in [3.8, 4) is 0 Å². The average Bonchev–Trinajstić information content (AvgIpc) is 2.48. The van der Waals surface area contributed by atoms with E-state index < -0.39 is 16.6 Å². The molecule has 0 unspecified atom stereocenters. The van der Waals surface area contributed by atoms with Crippen molar-refractivity contribution in [1.82, 2.24) is 0 Å². The molecule has 0 saturated heterocycles. The molecule has 0 aromatic carbocycles. The van der Waals surface area contributed by atoms with Crippen molar-refractivity contribution in [3.63, 3.8) is 0 Å². The van der Waals surface area contributed by atoms with E-state index in [2.05, 4.69) is 54.3 Å². The largest absolute Gasteiger partial charge is 0.466 e. The highest BCUT2D eigenvalue weighted by Crippen LogP contribution is 2.49. The summed E-state index contributed by atoms with van der Waals surface area (Å²) < 4.78 is 11.6. The summed E-state index contributed by atoms with van der Waals surface area (Å²) in [6.07, 6.45) is 3.85. The van der Waals surface area contributed by atoms with E-state index in [9.17, 15) is 9.59 Å². The van der Waals surface area contributed by atoms with E-state index in [-0.39, 0.29) is 28.1 Å². The second-order valence-corrected chi connectivity index (χ2v) is 20.2. The molecule has 0 spiro atoms. The van der Waals surface area contributed by atoms with Crippen LogP contribution < -0.4 is 0 Å². The molecule has 0 aromatic heterocycles. The van der Waals surface area contributed by atoms with Gasteiger partial charge in [-0.3, -0.25) is 0 Å². The summed E-state index contributed by atoms with van der Waals surface area (Å²) >= 11 is 0. The number of rotatable bonds is 6. The molecule has 1 aliphatic carbocycles. The lowest BCUT2D eigenvalue weighted by Crippen LogP contribution is -2.46. The topological polar surface area (TPSA) is 55.8 Å². The average molecular weight is 427 g/mol. The molecule has 4 nitrogen and oxygen atoms in total. The van der Waals surface area contributed by atoms with Gasteiger partial charge in [0.15, 0.2) is 16.6 Å². The van der Waals surface area contributed by atoms with Gasteiger partial charge in [-0.05, 0) is 67.0 Å². The van der Waals surface area contributed by atoms with Crippen molar-refractivity contribution in [2.45, 2.75) is 96.2 Å². The fraction of sp³-hybridized carbons (Fsp3) is 0.773. The van der Waals surface area contributed by atoms with Crippen molar-refractivity contribution >= 4 is 22.6 Å². The Labute approximate surface area is 174 Å². The maximum absolute atomic E-state index is 11.9. The fourth-order valence-electron chi connectivity index (χ4n) is 3.23. The van der Waals surface area contributed by atoms with E-state index >= 15 is 0 Å². The molecule has 1 rings (SSSR count). The van der Waals surface area contributed by atoms with Crippen LogP contribution >= 0.6 is 0 Å². The molecular formula is C22H42O4Si2. The van der Waals surface area contributed by atoms with Gasteiger partial charge in [-0.2, -0.15) is 0 Å². The summed E-state index contributed by atoms with van der Waals surface area (Å²) in [5.74, 6) is -0.128. The van der Waals surface area contributed by atoms with Crippen LogP contribution in [0.1, 0.15) is 53.9 Å². The Morgan fingerprint density at radius 1 is 1.18 bits per heavy atom. The molecule has 1 fully saturated rings. The van der Waals surface area contributed by atoms with E-state index in [1.54, 1.807) is 6.08 Å². The molecule has 2 atom stereocenters. The minimum atomic E-state index is -2.34. The quantitative estimate of drug-likeness (QED) is 0.252. The van der Waals surface area contributed by atoms with Crippen LogP contribution in [0.2, 0.25) is 36.3 Å². The lowest BCUT2D eigenvalue weighted by molar-refractivity contribution is -0.134. The van der Waals surface area contributed by atoms with Crippen LogP contribution in [0.25, 0.3) is 0 Å². The number of carbonyl (C=O) groups is 1. The van der Waals surface area contributed by atoms with Gasteiger partial charge in [0.05, 0.1) is 13.2 Å². The third-order valence-electron chi connectivity index (χ3n) is 7.07. The zero-order chi connectivity index (χ0) is 22.1. The number of ether oxygens (including phenoxy) is 1. The van der Waals surface area contributed by atoms with Crippen LogP contribution in [0.5, 0.6) is 0 Å². The summed E-state index contributed by atoms with van der Waals surface area (Å²) in [5, 5.41) is -0.0540. The van der Waals surface area contributed by atoms with E-state index in [4.69, 9.17) is 9.16 Å². The van der Waals surface area contributed by atoms with Crippen LogP contribution in [0.3, 0.4) is 0 Å². The van der Waals surface area contributed by atoms with Gasteiger partial charge in [-0.25, -0.2) is 4.79 Å². The van der Waals surface area contributed by atoms with Crippen LogP contribution in [-0.4, -0.2) is 40.6 Å². The summed E-state index contributed by atoms with van der Waals surface area (Å²) in [4.78, 5) is 22.6. The van der Waals surface area contributed by atoms with Crippen LogP contribution in [-0.2, 0) is 14.0 Å². The summed E-state index contributed by atoms with van der Waals surface area (Å²) in [6, 6.07) is 0. The van der Waals surface area contributed by atoms with Crippen molar-refractivity contribution < 1.29 is 18.8 Å². The van der Waals surface area contributed by atoms with E-state index in [1.165, 1.54) is 7.11 Å². The molecule has 0 bridgehead atoms. The second kappa shape index (κ2) is 8.58. The predicted octanol–water partition coefficient (Wildman–Crippen LogP) is 5.81. The molecule has 0 heterocycles. The Balaban J connectivity index is 3.21. The molecule has 1 saturated carbocycles. The Bertz CT molecular complexity index is 579. The van der Waals surface area contributed by atoms with E-state index in [1.807, 2.05) is 13.1 Å². The first-order valence-electron chi connectivity index (χ1n) is 10.3. The first-order chi connectivity index (χ1) is 12.4. The summed E-state index contributed by atoms with van der Waals surface area (Å²) in [6.45, 7) is 23.9. The molecule has 1 aliphatic rings. The maximum Gasteiger partial charge on any atom is 0.330 e. The minimum absolute atomic E-state index is 0.0881. The molecule has 1 N–H and O–H groups in total. The number of hydrogen-bond donors (Lipinski definition) is 1. The zero-order valence-corrected chi connectivity index (χ0v) is 21.7. The minimum Gasteiger partial charge on any atom is -0.466 e. The van der Waals surface area contributed by atoms with Crippen LogP contribution in [0.4, 0.5) is 0 Å². The van der Waals surface area contributed by atoms with Gasteiger partial charge in [0.1, 0.15) is 0 Å². The number of hydrogen-bond acceptors (Lipinski definition) is 4. The lowest BCUT2D eigenvalue weighted by atomic mass is 9.76. The van der Waals surface area contributed by atoms with E-state index in [0.717, 1.165) is 24.0 Å². The third kappa shape index (κ3) is 6.15. The van der Waals surface area contributed by atoms with Gasteiger partial charge in [-0.1, -0.05) is 46.8 Å². The Kier molecular flexibility index (Phi) is 7.77. The first kappa shape index (κ1) is 25.3. The predicted molar refractivity (Wildman–Crippen MR) is 122 cm³/mol. The van der Waals surface area contributed by atoms with Gasteiger partial charge in [0.25, 0.3) is 0 Å². The monoisotopic (exact) mass is 426 g/mol. The molecule has 162 valence electrons. The van der Waals surface area contributed by atoms with Gasteiger partial charge >= 0.3 is 5.97 Å². The number of methoxy groups -OCH3 is 1. The SMILES string of the molecule is C=C1[C@H](CC(C)(C)[Si](C)(C)O)C/C(=C\C(=O)OC)C[C@H]1O[Si](C)(C)C(C)(C)C. The molecule has 6 heteroatoms. The standard InChI is InChI=1S/C22H42O4Si2/c1-16-18(15-22(5,6)27(8,9)24)12-17(14-20(23)25-7)13-19(16)26-28(10,11)21(2,3)4/h14,18-19,24H,1,12-13,15H2,2-11H3/b17-14+/t18-,19+/m0/s1. The van der Waals surface area contributed by atoms with Crippen molar-refractivity contribution in [1.29, 1.82) is 0 Å². The van der Waals surface area contributed by atoms with Gasteiger partial charge in [0, 0.05) is 6.08 Å². The highest BCUT2D eigenvalue weighted by molar-refractivity contribution is 6.74. The number of esters is 1. The van der Waals surface area contributed by atoms with E-state index in [0.29, 0.717) is 6.42 Å². The Morgan fingerprint density at radius 3 is 2.14 bits per heavy atom. The zero-order valence-electron chi connectivity index (χ0n) is 19.7. The van der Waals surface area contributed by atoms with Gasteiger partial charge in [0.2, 0.25) is 0 Å². The van der Waals surface area contributed by atoms with Crippen LogP contribution in [0.15, 0.2) is 23.8 Å². The van der Waals surface area contributed by atoms with Gasteiger partial charge in [-0.15, -0.1) is 0 Å². The van der Waals surface area contributed by atoms with Gasteiger partial charge < -0.3 is 14.0 Å². The summed E-state index contributed by atoms with van der Waals surface area (Å²) in [5.41, 5.74) is 2.17. The molecule has 28 heavy (non-hydrogen) atoms. The van der Waals surface area contributed by atoms with Crippen LogP contribution in [0, 0.1) is 5.92 Å². The maximum atomic E-state index is 11.9. The summed E-state index contributed by atoms with van der Waals surface area (Å²) in [7, 11) is -2.92. The molecule has 0 amide bonds. The highest BCUT2D eigenvalue weighted by Gasteiger charge is 2.45. The Morgan fingerprint density at radius 2 is 1.71 bits per heavy atom. The fourth-order valence-corrected chi connectivity index (χ4v) is 5.27. The molecule has 0 radical (unpaired) electrons. The molecular weight excluding hydrogens is 384 g/mol. The van der Waals surface area contributed by atoms with Crippen molar-refractivity contribution in [3.05, 3.63) is 23.8 Å². The highest BCUT2D eigenvalue weighted by atomic mass is 28.4. The smallest absolute Gasteiger partial charge is 0.330 e. The normalized spacial score (nSPS) is 23.8. The molecule has 0 aliphatic heterocycles. The number of carbonyl (C=O) groups excluding carboxylic acids is 1. The lowest BCUT2D eigenvalue weighted by Gasteiger charge is -2.45. The van der Waals surface area contributed by atoms with Crippen molar-refractivity contribution in [2.24, 2.45) is 5.92 Å². The second-order valence-electron chi connectivity index (χ2n) is 11.0. The van der Waals surface area contributed by atoms with Crippen molar-refractivity contribution in [2.75, 3.05) is 7.11 Å². The third-order valence-corrected chi connectivity index (χ3v) is 15.1. The Hall–Kier alpha value is -0.696. The first-order valence-corrected chi connectivity index (χ1v) is 16.1. The molecule has 0 aromatic rings.